The number of phenolic OH excluding ortho intramolecular Hbond substituents is 1. The molecule has 2 aromatic carbocycles. The van der Waals surface area contributed by atoms with Crippen molar-refractivity contribution >= 4 is 17.3 Å². The number of methoxy groups -OCH3 is 1. The lowest BCUT2D eigenvalue weighted by Gasteiger charge is -2.11. The lowest BCUT2D eigenvalue weighted by Crippen LogP contribution is -2.26. The molecular weight excluding hydrogens is 288 g/mol. The first-order valence-corrected chi connectivity index (χ1v) is 6.91. The molecule has 1 unspecified atom stereocenters. The van der Waals surface area contributed by atoms with Crippen molar-refractivity contribution in [2.24, 2.45) is 0 Å². The molecule has 0 saturated heterocycles. The average molecular weight is 303 g/mol. The fourth-order valence-corrected chi connectivity index (χ4v) is 2.47. The van der Waals surface area contributed by atoms with Crippen molar-refractivity contribution in [2.75, 3.05) is 7.11 Å². The topological polar surface area (TPSA) is 53.5 Å². The van der Waals surface area contributed by atoms with Crippen molar-refractivity contribution in [1.29, 1.82) is 0 Å². The average Bonchev–Trinajstić information content (AvgIpc) is 2.99. The van der Waals surface area contributed by atoms with Crippen LogP contribution in [0.3, 0.4) is 0 Å². The molecule has 0 spiro atoms. The first-order chi connectivity index (χ1) is 10.2. The van der Waals surface area contributed by atoms with Gasteiger partial charge >= 0.3 is 0 Å². The molecule has 1 heterocycles. The smallest absolute Gasteiger partial charge is 0.120 e. The first-order valence-electron chi connectivity index (χ1n) is 6.53. The van der Waals surface area contributed by atoms with Gasteiger partial charge in [0, 0.05) is 10.6 Å². The summed E-state index contributed by atoms with van der Waals surface area (Å²) in [6, 6.07) is 12.6. The summed E-state index contributed by atoms with van der Waals surface area (Å²) in [7, 11) is 1.64. The molecule has 21 heavy (non-hydrogen) atoms. The van der Waals surface area contributed by atoms with Crippen molar-refractivity contribution in [3.05, 3.63) is 64.7 Å². The highest BCUT2D eigenvalue weighted by molar-refractivity contribution is 6.30. The van der Waals surface area contributed by atoms with Crippen LogP contribution in [-0.2, 0) is 0 Å². The van der Waals surface area contributed by atoms with Crippen LogP contribution in [0.4, 0.5) is 0 Å². The highest BCUT2D eigenvalue weighted by Gasteiger charge is 2.20. The van der Waals surface area contributed by atoms with Crippen LogP contribution >= 0.6 is 11.6 Å². The van der Waals surface area contributed by atoms with Crippen LogP contribution in [0.25, 0.3) is 5.70 Å². The van der Waals surface area contributed by atoms with E-state index < -0.39 is 0 Å². The molecule has 0 bridgehead atoms. The maximum atomic E-state index is 9.95. The monoisotopic (exact) mass is 302 g/mol. The summed E-state index contributed by atoms with van der Waals surface area (Å²) in [5.74, 6) is 1.03. The maximum absolute atomic E-state index is 9.95. The lowest BCUT2D eigenvalue weighted by atomic mass is 10.0. The van der Waals surface area contributed by atoms with E-state index >= 15 is 0 Å². The molecule has 3 N–H and O–H groups in total. The zero-order valence-electron chi connectivity index (χ0n) is 11.4. The molecule has 1 aliphatic rings. The van der Waals surface area contributed by atoms with Gasteiger partial charge in [0.1, 0.15) is 11.5 Å². The van der Waals surface area contributed by atoms with E-state index in [4.69, 9.17) is 16.3 Å². The zero-order valence-corrected chi connectivity index (χ0v) is 12.2. The quantitative estimate of drug-likeness (QED) is 0.815. The highest BCUT2D eigenvalue weighted by atomic mass is 35.5. The molecule has 1 atom stereocenters. The van der Waals surface area contributed by atoms with Crippen LogP contribution in [0.2, 0.25) is 5.02 Å². The first kappa shape index (κ1) is 13.8. The van der Waals surface area contributed by atoms with Gasteiger partial charge < -0.3 is 15.3 Å². The van der Waals surface area contributed by atoms with Gasteiger partial charge in [0.05, 0.1) is 18.8 Å². The van der Waals surface area contributed by atoms with Gasteiger partial charge in [0.25, 0.3) is 0 Å². The van der Waals surface area contributed by atoms with Gasteiger partial charge in [-0.05, 0) is 54.1 Å². The Kier molecular flexibility index (Phi) is 3.73. The Bertz CT molecular complexity index is 683. The van der Waals surface area contributed by atoms with Crippen LogP contribution in [0.1, 0.15) is 17.2 Å². The number of ether oxygens (including phenoxy) is 1. The van der Waals surface area contributed by atoms with E-state index in [1.54, 1.807) is 25.3 Å². The lowest BCUT2D eigenvalue weighted by molar-refractivity contribution is 0.415. The highest BCUT2D eigenvalue weighted by Crippen LogP contribution is 2.32. The minimum atomic E-state index is -0.138. The number of aromatic hydroxyl groups is 1. The molecule has 2 aromatic rings. The van der Waals surface area contributed by atoms with Crippen LogP contribution in [0, 0.1) is 0 Å². The second-order valence-corrected chi connectivity index (χ2v) is 5.20. The van der Waals surface area contributed by atoms with Gasteiger partial charge in [-0.2, -0.15) is 0 Å². The van der Waals surface area contributed by atoms with Crippen molar-refractivity contribution in [3.63, 3.8) is 0 Å². The molecule has 0 saturated carbocycles. The summed E-state index contributed by atoms with van der Waals surface area (Å²) >= 11 is 5.99. The Morgan fingerprint density at radius 3 is 2.62 bits per heavy atom. The number of nitrogens with one attached hydrogen (secondary N) is 2. The second-order valence-electron chi connectivity index (χ2n) is 4.76. The van der Waals surface area contributed by atoms with E-state index in [1.807, 2.05) is 30.3 Å². The minimum absolute atomic E-state index is 0.138. The molecule has 0 aliphatic carbocycles. The van der Waals surface area contributed by atoms with Crippen LogP contribution in [0.15, 0.2) is 48.5 Å². The standard InChI is InChI=1S/C16H15ClN2O2/c1-21-12-5-2-10(3-6-12)14-9-15(19-18-14)13-8-11(17)4-7-16(13)20/h2-9,15,18-20H,1H3. The molecule has 0 aromatic heterocycles. The molecule has 1 aliphatic heterocycles. The fraction of sp³-hybridized carbons (Fsp3) is 0.125. The number of hydrogen-bond donors (Lipinski definition) is 3. The number of phenols is 1. The summed E-state index contributed by atoms with van der Waals surface area (Å²) in [5, 5.41) is 10.5. The van der Waals surface area contributed by atoms with Crippen molar-refractivity contribution < 1.29 is 9.84 Å². The third-order valence-corrected chi connectivity index (χ3v) is 3.66. The molecule has 0 fully saturated rings. The van der Waals surface area contributed by atoms with Gasteiger partial charge in [-0.3, -0.25) is 0 Å². The predicted octanol–water partition coefficient (Wildman–Crippen LogP) is 3.24. The van der Waals surface area contributed by atoms with Crippen molar-refractivity contribution in [3.8, 4) is 11.5 Å². The Morgan fingerprint density at radius 2 is 1.90 bits per heavy atom. The number of benzene rings is 2. The fourth-order valence-electron chi connectivity index (χ4n) is 2.29. The van der Waals surface area contributed by atoms with Crippen LogP contribution < -0.4 is 15.6 Å². The molecule has 3 rings (SSSR count). The summed E-state index contributed by atoms with van der Waals surface area (Å²) in [4.78, 5) is 0. The Morgan fingerprint density at radius 1 is 1.14 bits per heavy atom. The van der Waals surface area contributed by atoms with E-state index in [-0.39, 0.29) is 11.8 Å². The molecule has 0 radical (unpaired) electrons. The van der Waals surface area contributed by atoms with E-state index in [0.717, 1.165) is 22.6 Å². The third kappa shape index (κ3) is 2.82. The van der Waals surface area contributed by atoms with Gasteiger partial charge in [0.2, 0.25) is 0 Å². The summed E-state index contributed by atoms with van der Waals surface area (Å²) < 4.78 is 5.15. The Balaban J connectivity index is 1.87. The van der Waals surface area contributed by atoms with Crippen LogP contribution in [0.5, 0.6) is 11.5 Å². The number of hydrogen-bond acceptors (Lipinski definition) is 4. The number of hydrazine groups is 1. The molecule has 0 amide bonds. The Hall–Kier alpha value is -2.17. The van der Waals surface area contributed by atoms with Gasteiger partial charge in [-0.15, -0.1) is 0 Å². The summed E-state index contributed by atoms with van der Waals surface area (Å²) in [6.45, 7) is 0. The molecule has 5 heteroatoms. The Labute approximate surface area is 128 Å². The number of rotatable bonds is 3. The van der Waals surface area contributed by atoms with Gasteiger partial charge in [-0.25, -0.2) is 5.43 Å². The second kappa shape index (κ2) is 5.68. The molecule has 108 valence electrons. The molecule has 4 nitrogen and oxygen atoms in total. The van der Waals surface area contributed by atoms with Crippen molar-refractivity contribution in [2.45, 2.75) is 6.04 Å². The van der Waals surface area contributed by atoms with Gasteiger partial charge in [-0.1, -0.05) is 11.6 Å². The van der Waals surface area contributed by atoms with E-state index in [2.05, 4.69) is 10.9 Å². The zero-order chi connectivity index (χ0) is 14.8. The maximum Gasteiger partial charge on any atom is 0.120 e. The normalized spacial score (nSPS) is 17.2. The largest absolute Gasteiger partial charge is 0.508 e. The SMILES string of the molecule is COc1ccc(C2=CC(c3cc(Cl)ccc3O)NN2)cc1. The summed E-state index contributed by atoms with van der Waals surface area (Å²) in [6.07, 6.45) is 2.01. The third-order valence-electron chi connectivity index (χ3n) is 3.42. The summed E-state index contributed by atoms with van der Waals surface area (Å²) in [5.41, 5.74) is 8.96. The molecular formula is C16H15ClN2O2. The van der Waals surface area contributed by atoms with E-state index in [9.17, 15) is 5.11 Å². The minimum Gasteiger partial charge on any atom is -0.508 e. The predicted molar refractivity (Wildman–Crippen MR) is 83.1 cm³/mol. The van der Waals surface area contributed by atoms with E-state index in [1.165, 1.54) is 0 Å². The van der Waals surface area contributed by atoms with Gasteiger partial charge in [0.15, 0.2) is 0 Å². The van der Waals surface area contributed by atoms with Crippen molar-refractivity contribution in [1.82, 2.24) is 10.9 Å². The number of halogens is 1. The van der Waals surface area contributed by atoms with E-state index in [0.29, 0.717) is 5.02 Å². The van der Waals surface area contributed by atoms with Crippen LogP contribution in [-0.4, -0.2) is 12.2 Å².